The van der Waals surface area contributed by atoms with Gasteiger partial charge in [0.2, 0.25) is 5.91 Å². The molecule has 0 atom stereocenters. The number of hydrogen-bond acceptors (Lipinski definition) is 5. The smallest absolute Gasteiger partial charge is 0.224 e. The molecular weight excluding hydrogens is 466 g/mol. The second kappa shape index (κ2) is 11.7. The van der Waals surface area contributed by atoms with E-state index in [4.69, 9.17) is 15.2 Å². The minimum atomic E-state index is -0.0857. The van der Waals surface area contributed by atoms with E-state index in [1.807, 2.05) is 54.6 Å². The first-order chi connectivity index (χ1) is 16.5. The number of pyridine rings is 1. The van der Waals surface area contributed by atoms with E-state index in [0.29, 0.717) is 47.5 Å². The molecule has 1 amide bonds. The fraction of sp³-hybridized carbons (Fsp3) is 0.259. The number of hydrogen-bond donors (Lipinski definition) is 2. The van der Waals surface area contributed by atoms with E-state index in [1.165, 1.54) is 0 Å². The molecule has 0 unspecified atom stereocenters. The second-order valence-corrected chi connectivity index (χ2v) is 8.18. The van der Waals surface area contributed by atoms with E-state index in [1.54, 1.807) is 20.3 Å². The van der Waals surface area contributed by atoms with Crippen LogP contribution in [0.5, 0.6) is 11.5 Å². The number of aromatic nitrogens is 1. The van der Waals surface area contributed by atoms with Gasteiger partial charge in [-0.15, -0.1) is 12.4 Å². The molecule has 0 saturated carbocycles. The molecule has 4 rings (SSSR count). The van der Waals surface area contributed by atoms with Crippen LogP contribution in [0.25, 0.3) is 21.8 Å². The van der Waals surface area contributed by atoms with Gasteiger partial charge in [-0.25, -0.2) is 0 Å². The summed E-state index contributed by atoms with van der Waals surface area (Å²) in [4.78, 5) is 25.7. The molecule has 0 radical (unpaired) electrons. The Bertz CT molecular complexity index is 1380. The molecule has 0 fully saturated rings. The number of ether oxygens (including phenoxy) is 2. The van der Waals surface area contributed by atoms with Gasteiger partial charge in [-0.05, 0) is 67.4 Å². The summed E-state index contributed by atoms with van der Waals surface area (Å²) in [6.07, 6.45) is 1.93. The van der Waals surface area contributed by atoms with Crippen molar-refractivity contribution < 1.29 is 14.3 Å². The quantitative estimate of drug-likeness (QED) is 0.259. The number of carbonyl (C=O) groups excluding carboxylic acids is 1. The minimum Gasteiger partial charge on any atom is -0.497 e. The third-order valence-corrected chi connectivity index (χ3v) is 5.87. The topological polar surface area (TPSA) is 95.6 Å². The van der Waals surface area contributed by atoms with E-state index in [2.05, 4.69) is 9.88 Å². The second-order valence-electron chi connectivity index (χ2n) is 8.18. The zero-order chi connectivity index (χ0) is 24.1. The lowest BCUT2D eigenvalue weighted by Gasteiger charge is -2.17. The lowest BCUT2D eigenvalue weighted by Crippen LogP contribution is -2.15. The van der Waals surface area contributed by atoms with E-state index < -0.39 is 0 Å². The Labute approximate surface area is 210 Å². The molecule has 0 bridgehead atoms. The van der Waals surface area contributed by atoms with E-state index in [9.17, 15) is 9.59 Å². The highest BCUT2D eigenvalue weighted by atomic mass is 35.5. The summed E-state index contributed by atoms with van der Waals surface area (Å²) in [6.45, 7) is 1.07. The maximum atomic E-state index is 13.4. The number of nitrogens with zero attached hydrogens (tertiary/aromatic N) is 1. The standard InChI is InChI=1S/C27H29N3O4.ClH/c1-33-20-13-18(14-21(16-20)34-2)17-30-24-8-4-3-7-22(24)27(32)23-15-19(10-11-25(23)30)29-26(31)9-5-6-12-28;/h3-4,7-8,10-11,13-16H,5-6,9,12,17,28H2,1-2H3,(H,29,31);1H. The van der Waals surface area contributed by atoms with Gasteiger partial charge < -0.3 is 25.1 Å². The largest absolute Gasteiger partial charge is 0.497 e. The maximum Gasteiger partial charge on any atom is 0.224 e. The van der Waals surface area contributed by atoms with Gasteiger partial charge in [-0.1, -0.05) is 12.1 Å². The van der Waals surface area contributed by atoms with Crippen molar-refractivity contribution in [3.05, 3.63) is 76.5 Å². The molecule has 184 valence electrons. The molecule has 1 aromatic heterocycles. The first kappa shape index (κ1) is 26.1. The van der Waals surface area contributed by atoms with Gasteiger partial charge in [0.1, 0.15) is 11.5 Å². The Morgan fingerprint density at radius 2 is 1.60 bits per heavy atom. The van der Waals surface area contributed by atoms with Crippen molar-refractivity contribution in [2.24, 2.45) is 5.73 Å². The number of carbonyl (C=O) groups is 1. The lowest BCUT2D eigenvalue weighted by molar-refractivity contribution is -0.116. The summed E-state index contributed by atoms with van der Waals surface area (Å²) < 4.78 is 13.0. The molecule has 3 aromatic carbocycles. The van der Waals surface area contributed by atoms with E-state index >= 15 is 0 Å². The fourth-order valence-corrected chi connectivity index (χ4v) is 4.17. The fourth-order valence-electron chi connectivity index (χ4n) is 4.17. The third kappa shape index (κ3) is 5.75. The monoisotopic (exact) mass is 495 g/mol. The van der Waals surface area contributed by atoms with E-state index in [0.717, 1.165) is 29.4 Å². The molecule has 7 nitrogen and oxygen atoms in total. The van der Waals surface area contributed by atoms with Crippen LogP contribution in [0.4, 0.5) is 5.69 Å². The van der Waals surface area contributed by atoms with Crippen LogP contribution in [0.3, 0.4) is 0 Å². The first-order valence-electron chi connectivity index (χ1n) is 11.3. The van der Waals surface area contributed by atoms with Crippen molar-refractivity contribution in [3.8, 4) is 11.5 Å². The molecular formula is C27H30ClN3O4. The van der Waals surface area contributed by atoms with Crippen LogP contribution >= 0.6 is 12.4 Å². The van der Waals surface area contributed by atoms with Gasteiger partial charge in [0.25, 0.3) is 0 Å². The SMILES string of the molecule is COc1cc(Cn2c3ccccc3c(=O)c3cc(NC(=O)CCCCN)ccc32)cc(OC)c1.Cl. The van der Waals surface area contributed by atoms with Gasteiger partial charge in [-0.2, -0.15) is 0 Å². The number of para-hydroxylation sites is 1. The van der Waals surface area contributed by atoms with Crippen LogP contribution in [-0.2, 0) is 11.3 Å². The predicted molar refractivity (Wildman–Crippen MR) is 143 cm³/mol. The maximum absolute atomic E-state index is 13.4. The number of amides is 1. The van der Waals surface area contributed by atoms with Gasteiger partial charge in [0, 0.05) is 35.5 Å². The van der Waals surface area contributed by atoms with Gasteiger partial charge in [0.15, 0.2) is 5.43 Å². The average Bonchev–Trinajstić information content (AvgIpc) is 2.86. The highest BCUT2D eigenvalue weighted by Crippen LogP contribution is 2.27. The van der Waals surface area contributed by atoms with Crippen molar-refractivity contribution in [2.45, 2.75) is 25.8 Å². The predicted octanol–water partition coefficient (Wildman–Crippen LogP) is 4.71. The van der Waals surface area contributed by atoms with Crippen molar-refractivity contribution in [2.75, 3.05) is 26.1 Å². The Morgan fingerprint density at radius 3 is 2.29 bits per heavy atom. The number of halogens is 1. The summed E-state index contributed by atoms with van der Waals surface area (Å²) in [6, 6.07) is 18.8. The number of methoxy groups -OCH3 is 2. The van der Waals surface area contributed by atoms with E-state index in [-0.39, 0.29) is 23.7 Å². The number of benzene rings is 3. The van der Waals surface area contributed by atoms with Gasteiger partial charge in [-0.3, -0.25) is 9.59 Å². The summed E-state index contributed by atoms with van der Waals surface area (Å²) in [5, 5.41) is 4.08. The number of nitrogens with two attached hydrogens (primary N) is 1. The highest BCUT2D eigenvalue weighted by Gasteiger charge is 2.13. The molecule has 3 N–H and O–H groups in total. The molecule has 8 heteroatoms. The average molecular weight is 496 g/mol. The number of unbranched alkanes of at least 4 members (excludes halogenated alkanes) is 1. The Hall–Kier alpha value is -3.55. The molecule has 0 spiro atoms. The van der Waals surface area contributed by atoms with Gasteiger partial charge >= 0.3 is 0 Å². The van der Waals surface area contributed by atoms with Crippen LogP contribution in [0.1, 0.15) is 24.8 Å². The zero-order valence-electron chi connectivity index (χ0n) is 19.9. The van der Waals surface area contributed by atoms with Crippen LogP contribution in [0.15, 0.2) is 65.5 Å². The zero-order valence-corrected chi connectivity index (χ0v) is 20.7. The van der Waals surface area contributed by atoms with Crippen molar-refractivity contribution in [1.82, 2.24) is 4.57 Å². The molecule has 0 saturated heterocycles. The number of rotatable bonds is 9. The lowest BCUT2D eigenvalue weighted by atomic mass is 10.1. The van der Waals surface area contributed by atoms with Crippen LogP contribution in [0.2, 0.25) is 0 Å². The molecule has 1 heterocycles. The van der Waals surface area contributed by atoms with Crippen LogP contribution in [-0.4, -0.2) is 31.2 Å². The number of fused-ring (bicyclic) bond motifs is 2. The summed E-state index contributed by atoms with van der Waals surface area (Å²) in [7, 11) is 3.24. The molecule has 4 aromatic rings. The highest BCUT2D eigenvalue weighted by molar-refractivity contribution is 5.97. The van der Waals surface area contributed by atoms with Crippen molar-refractivity contribution in [3.63, 3.8) is 0 Å². The summed E-state index contributed by atoms with van der Waals surface area (Å²) >= 11 is 0. The molecule has 0 aliphatic heterocycles. The van der Waals surface area contributed by atoms with Crippen molar-refractivity contribution >= 4 is 45.8 Å². The number of nitrogens with one attached hydrogen (secondary N) is 1. The molecule has 35 heavy (non-hydrogen) atoms. The molecule has 0 aliphatic carbocycles. The van der Waals surface area contributed by atoms with Gasteiger partial charge in [0.05, 0.1) is 25.3 Å². The number of anilines is 1. The Balaban J connectivity index is 0.00000342. The van der Waals surface area contributed by atoms with Crippen LogP contribution in [0, 0.1) is 0 Å². The Kier molecular flexibility index (Phi) is 8.73. The Morgan fingerprint density at radius 1 is 0.914 bits per heavy atom. The molecule has 0 aliphatic rings. The summed E-state index contributed by atoms with van der Waals surface area (Å²) in [5.74, 6) is 1.31. The third-order valence-electron chi connectivity index (χ3n) is 5.87. The van der Waals surface area contributed by atoms with Crippen molar-refractivity contribution in [1.29, 1.82) is 0 Å². The van der Waals surface area contributed by atoms with Crippen LogP contribution < -0.4 is 26.0 Å². The minimum absolute atomic E-state index is 0. The first-order valence-corrected chi connectivity index (χ1v) is 11.3. The summed E-state index contributed by atoms with van der Waals surface area (Å²) in [5.41, 5.74) is 8.64. The normalized spacial score (nSPS) is 10.7.